The fourth-order valence-corrected chi connectivity index (χ4v) is 4.02. The minimum Gasteiger partial charge on any atom is -0.367 e. The van der Waals surface area contributed by atoms with Gasteiger partial charge >= 0.3 is 0 Å². The van der Waals surface area contributed by atoms with Crippen molar-refractivity contribution in [1.29, 1.82) is 0 Å². The molecule has 2 aliphatic heterocycles. The molecule has 1 unspecified atom stereocenters. The summed E-state index contributed by atoms with van der Waals surface area (Å²) in [7, 11) is 1.95. The number of rotatable bonds is 3. The molecule has 2 fully saturated rings. The van der Waals surface area contributed by atoms with E-state index in [0.29, 0.717) is 25.2 Å². The monoisotopic (exact) mass is 344 g/mol. The molecule has 0 bridgehead atoms. The van der Waals surface area contributed by atoms with E-state index in [1.165, 1.54) is 19.3 Å². The highest BCUT2D eigenvalue weighted by Gasteiger charge is 2.32. The van der Waals surface area contributed by atoms with Crippen molar-refractivity contribution in [3.05, 3.63) is 11.9 Å². The summed E-state index contributed by atoms with van der Waals surface area (Å²) in [5.74, 6) is 1.99. The second-order valence-electron chi connectivity index (χ2n) is 7.51. The van der Waals surface area contributed by atoms with Crippen LogP contribution in [0.2, 0.25) is 0 Å². The highest BCUT2D eigenvalue weighted by Crippen LogP contribution is 2.32. The van der Waals surface area contributed by atoms with E-state index in [-0.39, 0.29) is 5.91 Å². The van der Waals surface area contributed by atoms with Crippen LogP contribution < -0.4 is 15.5 Å². The first-order valence-electron chi connectivity index (χ1n) is 9.54. The van der Waals surface area contributed by atoms with Gasteiger partial charge < -0.3 is 20.4 Å². The minimum absolute atomic E-state index is 0.196. The number of anilines is 2. The van der Waals surface area contributed by atoms with Crippen molar-refractivity contribution in [2.75, 3.05) is 36.9 Å². The number of aromatic nitrogens is 2. The van der Waals surface area contributed by atoms with Crippen LogP contribution in [0.3, 0.4) is 0 Å². The van der Waals surface area contributed by atoms with Gasteiger partial charge in [0.15, 0.2) is 0 Å². The number of likely N-dealkylation sites (N-methyl/N-ethyl adjacent to an activating group) is 1. The van der Waals surface area contributed by atoms with Crippen LogP contribution >= 0.6 is 0 Å². The van der Waals surface area contributed by atoms with Gasteiger partial charge in [-0.3, -0.25) is 4.79 Å². The maximum Gasteiger partial charge on any atom is 0.242 e. The van der Waals surface area contributed by atoms with Gasteiger partial charge in [0.1, 0.15) is 18.0 Å². The number of amides is 1. The lowest BCUT2D eigenvalue weighted by Gasteiger charge is -2.31. The van der Waals surface area contributed by atoms with E-state index in [1.54, 1.807) is 6.33 Å². The summed E-state index contributed by atoms with van der Waals surface area (Å²) in [6.45, 7) is 3.03. The SMILES string of the molecule is CN1CC(=O)N(C2CCCNCC2)Cc2c(NC3CCC3)ncnc21. The lowest BCUT2D eigenvalue weighted by Crippen LogP contribution is -2.43. The first-order valence-corrected chi connectivity index (χ1v) is 9.54. The third kappa shape index (κ3) is 3.42. The fraction of sp³-hybridized carbons (Fsp3) is 0.722. The minimum atomic E-state index is 0.196. The van der Waals surface area contributed by atoms with E-state index < -0.39 is 0 Å². The van der Waals surface area contributed by atoms with Crippen molar-refractivity contribution < 1.29 is 4.79 Å². The summed E-state index contributed by atoms with van der Waals surface area (Å²) in [6.07, 6.45) is 8.50. The molecule has 25 heavy (non-hydrogen) atoms. The quantitative estimate of drug-likeness (QED) is 0.863. The first-order chi connectivity index (χ1) is 12.2. The Morgan fingerprint density at radius 1 is 1.12 bits per heavy atom. The molecule has 0 radical (unpaired) electrons. The van der Waals surface area contributed by atoms with E-state index in [0.717, 1.165) is 49.6 Å². The van der Waals surface area contributed by atoms with Gasteiger partial charge in [0.05, 0.1) is 18.7 Å². The topological polar surface area (TPSA) is 73.4 Å². The lowest BCUT2D eigenvalue weighted by atomic mass is 9.93. The van der Waals surface area contributed by atoms with Gasteiger partial charge in [-0.2, -0.15) is 0 Å². The zero-order valence-corrected chi connectivity index (χ0v) is 15.0. The van der Waals surface area contributed by atoms with Crippen LogP contribution in [0.5, 0.6) is 0 Å². The molecule has 1 saturated carbocycles. The number of carbonyl (C=O) groups excluding carboxylic acids is 1. The third-order valence-electron chi connectivity index (χ3n) is 5.74. The summed E-state index contributed by atoms with van der Waals surface area (Å²) >= 11 is 0. The first kappa shape index (κ1) is 16.6. The van der Waals surface area contributed by atoms with Gasteiger partial charge in [-0.25, -0.2) is 9.97 Å². The van der Waals surface area contributed by atoms with E-state index in [1.807, 2.05) is 11.9 Å². The van der Waals surface area contributed by atoms with Crippen molar-refractivity contribution >= 4 is 17.5 Å². The standard InChI is InChI=1S/C18H28N6O/c1-23-11-16(25)24(14-6-3-8-19-9-7-14)10-15-17(20-12-21-18(15)23)22-13-4-2-5-13/h12-14,19H,2-11H2,1H3,(H,20,21,22). The normalized spacial score (nSPS) is 25.0. The van der Waals surface area contributed by atoms with Gasteiger partial charge in [0, 0.05) is 19.1 Å². The molecule has 7 nitrogen and oxygen atoms in total. The molecule has 1 aromatic rings. The van der Waals surface area contributed by atoms with Crippen molar-refractivity contribution in [1.82, 2.24) is 20.2 Å². The van der Waals surface area contributed by atoms with Crippen LogP contribution in [-0.2, 0) is 11.3 Å². The Morgan fingerprint density at radius 2 is 2.00 bits per heavy atom. The second-order valence-corrected chi connectivity index (χ2v) is 7.51. The van der Waals surface area contributed by atoms with E-state index in [4.69, 9.17) is 0 Å². The number of nitrogens with zero attached hydrogens (tertiary/aromatic N) is 4. The molecular weight excluding hydrogens is 316 g/mol. The van der Waals surface area contributed by atoms with E-state index in [9.17, 15) is 4.79 Å². The molecule has 3 heterocycles. The third-order valence-corrected chi connectivity index (χ3v) is 5.74. The molecule has 7 heteroatoms. The van der Waals surface area contributed by atoms with Gasteiger partial charge in [0.25, 0.3) is 0 Å². The number of hydrogen-bond donors (Lipinski definition) is 2. The molecule has 1 aromatic heterocycles. The van der Waals surface area contributed by atoms with Gasteiger partial charge in [-0.05, 0) is 51.6 Å². The van der Waals surface area contributed by atoms with Crippen LogP contribution in [0, 0.1) is 0 Å². The largest absolute Gasteiger partial charge is 0.367 e. The zero-order valence-electron chi connectivity index (χ0n) is 15.0. The molecule has 1 amide bonds. The van der Waals surface area contributed by atoms with Crippen molar-refractivity contribution in [2.24, 2.45) is 0 Å². The van der Waals surface area contributed by atoms with Crippen LogP contribution in [0.15, 0.2) is 6.33 Å². The summed E-state index contributed by atoms with van der Waals surface area (Å²) in [6, 6.07) is 0.817. The van der Waals surface area contributed by atoms with Crippen molar-refractivity contribution in [3.63, 3.8) is 0 Å². The summed E-state index contributed by atoms with van der Waals surface area (Å²) < 4.78 is 0. The van der Waals surface area contributed by atoms with Gasteiger partial charge in [-0.1, -0.05) is 0 Å². The Morgan fingerprint density at radius 3 is 2.80 bits per heavy atom. The highest BCUT2D eigenvalue weighted by atomic mass is 16.2. The second kappa shape index (κ2) is 7.15. The Hall–Kier alpha value is -1.89. The fourth-order valence-electron chi connectivity index (χ4n) is 4.02. The molecule has 0 aromatic carbocycles. The summed E-state index contributed by atoms with van der Waals surface area (Å²) in [4.78, 5) is 25.9. The molecule has 1 aliphatic carbocycles. The van der Waals surface area contributed by atoms with Crippen LogP contribution in [0.1, 0.15) is 44.1 Å². The van der Waals surface area contributed by atoms with Crippen molar-refractivity contribution in [2.45, 2.75) is 57.2 Å². The summed E-state index contributed by atoms with van der Waals surface area (Å²) in [5.41, 5.74) is 1.07. The summed E-state index contributed by atoms with van der Waals surface area (Å²) in [5, 5.41) is 7.02. The predicted molar refractivity (Wildman–Crippen MR) is 97.6 cm³/mol. The molecule has 1 saturated heterocycles. The Labute approximate surface area is 149 Å². The molecule has 136 valence electrons. The Bertz CT molecular complexity index is 624. The van der Waals surface area contributed by atoms with E-state index in [2.05, 4.69) is 25.5 Å². The van der Waals surface area contributed by atoms with Crippen LogP contribution in [-0.4, -0.2) is 59.5 Å². The molecule has 0 spiro atoms. The number of fused-ring (bicyclic) bond motifs is 1. The molecule has 2 N–H and O–H groups in total. The molecule has 1 atom stereocenters. The number of carbonyl (C=O) groups is 1. The highest BCUT2D eigenvalue weighted by molar-refractivity contribution is 5.84. The van der Waals surface area contributed by atoms with Gasteiger partial charge in [0.2, 0.25) is 5.91 Å². The Kier molecular flexibility index (Phi) is 4.74. The van der Waals surface area contributed by atoms with Crippen LogP contribution in [0.25, 0.3) is 0 Å². The number of hydrogen-bond acceptors (Lipinski definition) is 6. The maximum atomic E-state index is 12.9. The molecule has 4 rings (SSSR count). The van der Waals surface area contributed by atoms with Crippen LogP contribution in [0.4, 0.5) is 11.6 Å². The molecular formula is C18H28N6O. The average molecular weight is 344 g/mol. The lowest BCUT2D eigenvalue weighted by molar-refractivity contribution is -0.132. The van der Waals surface area contributed by atoms with Crippen molar-refractivity contribution in [3.8, 4) is 0 Å². The Balaban J connectivity index is 1.63. The predicted octanol–water partition coefficient (Wildman–Crippen LogP) is 1.36. The van der Waals surface area contributed by atoms with Gasteiger partial charge in [-0.15, -0.1) is 0 Å². The maximum absolute atomic E-state index is 12.9. The average Bonchev–Trinajstić information content (AvgIpc) is 2.90. The number of nitrogens with one attached hydrogen (secondary N) is 2. The molecule has 3 aliphatic rings. The zero-order chi connectivity index (χ0) is 17.2. The van der Waals surface area contributed by atoms with E-state index >= 15 is 0 Å². The smallest absolute Gasteiger partial charge is 0.242 e.